The van der Waals surface area contributed by atoms with Gasteiger partial charge in [-0.25, -0.2) is 4.79 Å². The molecule has 3 rings (SSSR count). The fourth-order valence-electron chi connectivity index (χ4n) is 2.90. The molecule has 27 heavy (non-hydrogen) atoms. The predicted octanol–water partition coefficient (Wildman–Crippen LogP) is 3.86. The Morgan fingerprint density at radius 2 is 1.63 bits per heavy atom. The first-order valence-electron chi connectivity index (χ1n) is 8.14. The Balaban J connectivity index is 1.80. The number of imide groups is 1. The van der Waals surface area contributed by atoms with E-state index in [0.717, 1.165) is 28.2 Å². The van der Waals surface area contributed by atoms with Crippen LogP contribution in [0.15, 0.2) is 48.5 Å². The zero-order valence-electron chi connectivity index (χ0n) is 14.6. The molecule has 1 N–H and O–H groups in total. The number of hydrogen-bond acceptors (Lipinski definition) is 3. The smallest absolute Gasteiger partial charge is 0.406 e. The number of amides is 3. The van der Waals surface area contributed by atoms with Crippen LogP contribution in [0.25, 0.3) is 0 Å². The summed E-state index contributed by atoms with van der Waals surface area (Å²) in [5.74, 6) is -0.874. The summed E-state index contributed by atoms with van der Waals surface area (Å²) in [5.41, 5.74) is 0.851. The second-order valence-corrected chi connectivity index (χ2v) is 6.50. The molecule has 1 unspecified atom stereocenters. The lowest BCUT2D eigenvalue weighted by molar-refractivity contribution is -0.274. The van der Waals surface area contributed by atoms with Crippen LogP contribution in [0.1, 0.15) is 23.6 Å². The third-order valence-corrected chi connectivity index (χ3v) is 4.40. The van der Waals surface area contributed by atoms with E-state index in [0.29, 0.717) is 5.56 Å². The Morgan fingerprint density at radius 3 is 2.19 bits per heavy atom. The number of aryl methyl sites for hydroxylation is 1. The van der Waals surface area contributed by atoms with Crippen molar-refractivity contribution in [2.45, 2.75) is 32.3 Å². The van der Waals surface area contributed by atoms with Gasteiger partial charge in [-0.15, -0.1) is 13.2 Å². The minimum absolute atomic E-state index is 0.107. The van der Waals surface area contributed by atoms with Crippen LogP contribution in [0.3, 0.4) is 0 Å². The van der Waals surface area contributed by atoms with Gasteiger partial charge in [-0.1, -0.05) is 42.0 Å². The largest absolute Gasteiger partial charge is 0.573 e. The van der Waals surface area contributed by atoms with Crippen molar-refractivity contribution >= 4 is 11.9 Å². The minimum atomic E-state index is -4.80. The molecule has 3 amide bonds. The van der Waals surface area contributed by atoms with E-state index >= 15 is 0 Å². The third kappa shape index (κ3) is 3.89. The van der Waals surface area contributed by atoms with Crippen LogP contribution in [0, 0.1) is 6.92 Å². The third-order valence-electron chi connectivity index (χ3n) is 4.40. The summed E-state index contributed by atoms with van der Waals surface area (Å²) < 4.78 is 40.7. The quantitative estimate of drug-likeness (QED) is 0.822. The van der Waals surface area contributed by atoms with Gasteiger partial charge in [-0.05, 0) is 37.1 Å². The van der Waals surface area contributed by atoms with Gasteiger partial charge < -0.3 is 10.1 Å². The normalized spacial score (nSPS) is 20.0. The van der Waals surface area contributed by atoms with Gasteiger partial charge in [0.15, 0.2) is 0 Å². The first-order chi connectivity index (χ1) is 12.6. The summed E-state index contributed by atoms with van der Waals surface area (Å²) in [6.07, 6.45) is -4.80. The average Bonchev–Trinajstić information content (AvgIpc) is 2.80. The number of hydrogen-bond donors (Lipinski definition) is 1. The molecule has 1 fully saturated rings. The van der Waals surface area contributed by atoms with E-state index in [1.165, 1.54) is 19.1 Å². The second kappa shape index (κ2) is 6.61. The fraction of sp³-hybridized carbons (Fsp3) is 0.263. The summed E-state index contributed by atoms with van der Waals surface area (Å²) in [5, 5.41) is 2.62. The molecule has 142 valence electrons. The molecule has 2 aromatic carbocycles. The maximum absolute atomic E-state index is 12.9. The van der Waals surface area contributed by atoms with Crippen molar-refractivity contribution in [2.24, 2.45) is 0 Å². The Hall–Kier alpha value is -3.03. The number of urea groups is 1. The number of nitrogens with one attached hydrogen (secondary N) is 1. The SMILES string of the molecule is Cc1ccc(CN2C(=O)NC(C)(c3ccc(OC(F)(F)F)cc3)C2=O)cc1. The Bertz CT molecular complexity index is 863. The summed E-state index contributed by atoms with van der Waals surface area (Å²) in [6, 6.07) is 11.7. The highest BCUT2D eigenvalue weighted by molar-refractivity contribution is 6.07. The number of nitrogens with zero attached hydrogens (tertiary/aromatic N) is 1. The van der Waals surface area contributed by atoms with Crippen LogP contribution in [0.4, 0.5) is 18.0 Å². The summed E-state index contributed by atoms with van der Waals surface area (Å²) in [7, 11) is 0. The zero-order chi connectivity index (χ0) is 19.8. The summed E-state index contributed by atoms with van der Waals surface area (Å²) >= 11 is 0. The van der Waals surface area contributed by atoms with Gasteiger partial charge in [0.1, 0.15) is 11.3 Å². The highest BCUT2D eigenvalue weighted by atomic mass is 19.4. The predicted molar refractivity (Wildman–Crippen MR) is 90.7 cm³/mol. The summed E-state index contributed by atoms with van der Waals surface area (Å²) in [4.78, 5) is 26.3. The average molecular weight is 378 g/mol. The van der Waals surface area contributed by atoms with E-state index in [9.17, 15) is 22.8 Å². The number of benzene rings is 2. The van der Waals surface area contributed by atoms with E-state index in [-0.39, 0.29) is 6.54 Å². The molecule has 8 heteroatoms. The van der Waals surface area contributed by atoms with Gasteiger partial charge in [0.05, 0.1) is 6.54 Å². The van der Waals surface area contributed by atoms with Gasteiger partial charge >= 0.3 is 12.4 Å². The number of rotatable bonds is 4. The lowest BCUT2D eigenvalue weighted by Crippen LogP contribution is -2.40. The Labute approximate surface area is 153 Å². The molecule has 0 bridgehead atoms. The maximum atomic E-state index is 12.9. The van der Waals surface area contributed by atoms with Gasteiger partial charge in [0, 0.05) is 0 Å². The van der Waals surface area contributed by atoms with Crippen LogP contribution in [0.2, 0.25) is 0 Å². The van der Waals surface area contributed by atoms with Crippen LogP contribution in [-0.4, -0.2) is 23.2 Å². The van der Waals surface area contributed by atoms with Crippen molar-refractivity contribution in [1.29, 1.82) is 0 Å². The zero-order valence-corrected chi connectivity index (χ0v) is 14.6. The minimum Gasteiger partial charge on any atom is -0.406 e. The second-order valence-electron chi connectivity index (χ2n) is 6.50. The highest BCUT2D eigenvalue weighted by Crippen LogP contribution is 2.32. The Morgan fingerprint density at radius 1 is 1.04 bits per heavy atom. The molecule has 0 saturated carbocycles. The number of ether oxygens (including phenoxy) is 1. The van der Waals surface area contributed by atoms with Gasteiger partial charge in [-0.2, -0.15) is 0 Å². The molecule has 0 aliphatic carbocycles. The standard InChI is InChI=1S/C19H17F3N2O3/c1-12-3-5-13(6-4-12)11-24-16(25)18(2,23-17(24)26)14-7-9-15(10-8-14)27-19(20,21)22/h3-10H,11H2,1-2H3,(H,23,26). The molecule has 1 atom stereocenters. The molecule has 0 radical (unpaired) electrons. The van der Waals surface area contributed by atoms with Crippen LogP contribution in [0.5, 0.6) is 5.75 Å². The number of carbonyl (C=O) groups is 2. The van der Waals surface area contributed by atoms with E-state index in [1.807, 2.05) is 31.2 Å². The molecule has 5 nitrogen and oxygen atoms in total. The van der Waals surface area contributed by atoms with Crippen LogP contribution >= 0.6 is 0 Å². The van der Waals surface area contributed by atoms with Crippen molar-refractivity contribution in [3.63, 3.8) is 0 Å². The lowest BCUT2D eigenvalue weighted by Gasteiger charge is -2.22. The van der Waals surface area contributed by atoms with Crippen LogP contribution < -0.4 is 10.1 Å². The van der Waals surface area contributed by atoms with E-state index in [4.69, 9.17) is 0 Å². The monoisotopic (exact) mass is 378 g/mol. The molecule has 1 heterocycles. The van der Waals surface area contributed by atoms with Gasteiger partial charge in [-0.3, -0.25) is 9.69 Å². The maximum Gasteiger partial charge on any atom is 0.573 e. The molecule has 0 spiro atoms. The first kappa shape index (κ1) is 18.8. The van der Waals surface area contributed by atoms with E-state index in [2.05, 4.69) is 10.1 Å². The van der Waals surface area contributed by atoms with E-state index < -0.39 is 29.6 Å². The number of carbonyl (C=O) groups excluding carboxylic acids is 2. The van der Waals surface area contributed by atoms with Gasteiger partial charge in [0.2, 0.25) is 0 Å². The van der Waals surface area contributed by atoms with Crippen LogP contribution in [-0.2, 0) is 16.9 Å². The number of alkyl halides is 3. The fourth-order valence-corrected chi connectivity index (χ4v) is 2.90. The van der Waals surface area contributed by atoms with Gasteiger partial charge in [0.25, 0.3) is 5.91 Å². The Kier molecular flexibility index (Phi) is 4.59. The molecule has 0 aromatic heterocycles. The lowest BCUT2D eigenvalue weighted by atomic mass is 9.92. The topological polar surface area (TPSA) is 58.6 Å². The van der Waals surface area contributed by atoms with Crippen molar-refractivity contribution < 1.29 is 27.5 Å². The molecule has 1 aliphatic rings. The van der Waals surface area contributed by atoms with Crippen molar-refractivity contribution in [3.05, 3.63) is 65.2 Å². The molecular formula is C19H17F3N2O3. The number of halogens is 3. The summed E-state index contributed by atoms with van der Waals surface area (Å²) in [6.45, 7) is 3.55. The molecular weight excluding hydrogens is 361 g/mol. The first-order valence-corrected chi connectivity index (χ1v) is 8.14. The van der Waals surface area contributed by atoms with Crippen molar-refractivity contribution in [2.75, 3.05) is 0 Å². The van der Waals surface area contributed by atoms with Crippen molar-refractivity contribution in [3.8, 4) is 5.75 Å². The van der Waals surface area contributed by atoms with E-state index in [1.54, 1.807) is 0 Å². The van der Waals surface area contributed by atoms with Crippen molar-refractivity contribution in [1.82, 2.24) is 10.2 Å². The molecule has 1 aliphatic heterocycles. The molecule has 1 saturated heterocycles. The molecule has 2 aromatic rings. The highest BCUT2D eigenvalue weighted by Gasteiger charge is 2.48.